The maximum Gasteiger partial charge on any atom is 0.243 e. The molecule has 0 aliphatic heterocycles. The summed E-state index contributed by atoms with van der Waals surface area (Å²) in [6, 6.07) is 14.6. The third-order valence-electron chi connectivity index (χ3n) is 4.82. The third kappa shape index (κ3) is 4.94. The maximum absolute atomic E-state index is 13.0. The normalized spacial score (nSPS) is 11.8. The van der Waals surface area contributed by atoms with Crippen LogP contribution in [-0.4, -0.2) is 53.4 Å². The first-order valence-electron chi connectivity index (χ1n) is 10.3. The molecule has 0 spiro atoms. The standard InChI is InChI=1S/C22H28N4O3S2/c1-5-14-30-22-24-23-21(26(22)18-11-9-12-19(16-18)29-4)17-10-8-13-20(15-17)31(27,28)25(6-2)7-3/h8-13,15-16H,5-7,14H2,1-4H3. The lowest BCUT2D eigenvalue weighted by Gasteiger charge is -2.19. The number of hydrogen-bond donors (Lipinski definition) is 0. The Morgan fingerprint density at radius 3 is 2.45 bits per heavy atom. The zero-order valence-electron chi connectivity index (χ0n) is 18.3. The monoisotopic (exact) mass is 460 g/mol. The molecule has 2 aromatic carbocycles. The van der Waals surface area contributed by atoms with Crippen LogP contribution in [0.2, 0.25) is 0 Å². The molecule has 0 unspecified atom stereocenters. The van der Waals surface area contributed by atoms with Gasteiger partial charge in [-0.15, -0.1) is 10.2 Å². The summed E-state index contributed by atoms with van der Waals surface area (Å²) in [4.78, 5) is 0.247. The number of thioether (sulfide) groups is 1. The van der Waals surface area contributed by atoms with Gasteiger partial charge in [-0.3, -0.25) is 4.57 Å². The van der Waals surface area contributed by atoms with Gasteiger partial charge in [-0.25, -0.2) is 8.42 Å². The summed E-state index contributed by atoms with van der Waals surface area (Å²) in [5.74, 6) is 2.21. The number of sulfonamides is 1. The van der Waals surface area contributed by atoms with Gasteiger partial charge in [0.1, 0.15) is 5.75 Å². The van der Waals surface area contributed by atoms with Crippen LogP contribution >= 0.6 is 11.8 Å². The second kappa shape index (κ2) is 10.3. The fourth-order valence-corrected chi connectivity index (χ4v) is 5.54. The lowest BCUT2D eigenvalue weighted by Crippen LogP contribution is -2.30. The average molecular weight is 461 g/mol. The summed E-state index contributed by atoms with van der Waals surface area (Å²) >= 11 is 1.61. The van der Waals surface area contributed by atoms with E-state index in [1.54, 1.807) is 37.1 Å². The SMILES string of the molecule is CCCSc1nnc(-c2cccc(S(=O)(=O)N(CC)CC)c2)n1-c1cccc(OC)c1. The first kappa shape index (κ1) is 23.3. The fraction of sp³-hybridized carbons (Fsp3) is 0.364. The molecule has 3 rings (SSSR count). The van der Waals surface area contributed by atoms with Crippen molar-refractivity contribution in [1.82, 2.24) is 19.1 Å². The minimum absolute atomic E-state index is 0.247. The van der Waals surface area contributed by atoms with E-state index in [1.807, 2.05) is 48.7 Å². The topological polar surface area (TPSA) is 77.3 Å². The van der Waals surface area contributed by atoms with E-state index >= 15 is 0 Å². The second-order valence-electron chi connectivity index (χ2n) is 6.81. The van der Waals surface area contributed by atoms with Crippen molar-refractivity contribution in [3.05, 3.63) is 48.5 Å². The molecule has 0 bridgehead atoms. The molecule has 0 N–H and O–H groups in total. The Labute approximate surface area is 188 Å². The van der Waals surface area contributed by atoms with Crippen LogP contribution in [0.5, 0.6) is 5.75 Å². The Morgan fingerprint density at radius 1 is 1.03 bits per heavy atom. The summed E-state index contributed by atoms with van der Waals surface area (Å²) in [6.45, 7) is 6.62. The van der Waals surface area contributed by atoms with Crippen LogP contribution in [0.3, 0.4) is 0 Å². The van der Waals surface area contributed by atoms with E-state index in [-0.39, 0.29) is 4.90 Å². The number of hydrogen-bond acceptors (Lipinski definition) is 6. The van der Waals surface area contributed by atoms with Crippen molar-refractivity contribution in [3.63, 3.8) is 0 Å². The van der Waals surface area contributed by atoms with E-state index in [9.17, 15) is 8.42 Å². The lowest BCUT2D eigenvalue weighted by atomic mass is 10.2. The van der Waals surface area contributed by atoms with Crippen molar-refractivity contribution < 1.29 is 13.2 Å². The number of methoxy groups -OCH3 is 1. The van der Waals surface area contributed by atoms with Gasteiger partial charge in [-0.05, 0) is 30.7 Å². The van der Waals surface area contributed by atoms with Gasteiger partial charge in [-0.2, -0.15) is 4.31 Å². The van der Waals surface area contributed by atoms with Crippen LogP contribution in [0.25, 0.3) is 17.1 Å². The van der Waals surface area contributed by atoms with Crippen LogP contribution in [0.4, 0.5) is 0 Å². The molecule has 0 fully saturated rings. The molecule has 0 atom stereocenters. The van der Waals surface area contributed by atoms with Crippen molar-refractivity contribution in [2.24, 2.45) is 0 Å². The minimum atomic E-state index is -3.58. The smallest absolute Gasteiger partial charge is 0.243 e. The highest BCUT2D eigenvalue weighted by Gasteiger charge is 2.23. The summed E-state index contributed by atoms with van der Waals surface area (Å²) in [5.41, 5.74) is 1.54. The Hall–Kier alpha value is -2.36. The number of ether oxygens (including phenoxy) is 1. The zero-order chi connectivity index (χ0) is 22.4. The summed E-state index contributed by atoms with van der Waals surface area (Å²) in [7, 11) is -1.95. The molecule has 0 radical (unpaired) electrons. The Kier molecular flexibility index (Phi) is 7.74. The van der Waals surface area contributed by atoms with Gasteiger partial charge in [0, 0.05) is 30.5 Å². The number of aromatic nitrogens is 3. The van der Waals surface area contributed by atoms with Crippen molar-refractivity contribution in [2.75, 3.05) is 26.0 Å². The molecule has 3 aromatic rings. The molecule has 7 nitrogen and oxygen atoms in total. The average Bonchev–Trinajstić information content (AvgIpc) is 3.22. The molecule has 1 heterocycles. The van der Waals surface area contributed by atoms with Gasteiger partial charge < -0.3 is 4.74 Å². The summed E-state index contributed by atoms with van der Waals surface area (Å²) in [5, 5.41) is 9.57. The largest absolute Gasteiger partial charge is 0.497 e. The van der Waals surface area contributed by atoms with Gasteiger partial charge in [0.25, 0.3) is 0 Å². The number of benzene rings is 2. The first-order valence-corrected chi connectivity index (χ1v) is 12.7. The molecule has 1 aromatic heterocycles. The molecule has 0 aliphatic rings. The van der Waals surface area contributed by atoms with E-state index in [0.717, 1.165) is 28.8 Å². The van der Waals surface area contributed by atoms with Crippen molar-refractivity contribution in [1.29, 1.82) is 0 Å². The molecular formula is C22H28N4O3S2. The quantitative estimate of drug-likeness (QED) is 0.415. The van der Waals surface area contributed by atoms with Crippen LogP contribution < -0.4 is 4.74 Å². The third-order valence-corrected chi connectivity index (χ3v) is 8.00. The highest BCUT2D eigenvalue weighted by molar-refractivity contribution is 7.99. The zero-order valence-corrected chi connectivity index (χ0v) is 19.9. The van der Waals surface area contributed by atoms with Crippen LogP contribution in [0.1, 0.15) is 27.2 Å². The second-order valence-corrected chi connectivity index (χ2v) is 9.81. The number of rotatable bonds is 10. The Bertz CT molecular complexity index is 1130. The van der Waals surface area contributed by atoms with E-state index in [4.69, 9.17) is 4.74 Å². The van der Waals surface area contributed by atoms with Gasteiger partial charge in [0.2, 0.25) is 10.0 Å². The van der Waals surface area contributed by atoms with Crippen LogP contribution in [-0.2, 0) is 10.0 Å². The number of nitrogens with zero attached hydrogens (tertiary/aromatic N) is 4. The molecule has 9 heteroatoms. The molecule has 0 saturated heterocycles. The minimum Gasteiger partial charge on any atom is -0.497 e. The van der Waals surface area contributed by atoms with Crippen LogP contribution in [0, 0.1) is 0 Å². The van der Waals surface area contributed by atoms with E-state index in [1.165, 1.54) is 4.31 Å². The fourth-order valence-electron chi connectivity index (χ4n) is 3.23. The molecule has 31 heavy (non-hydrogen) atoms. The molecule has 166 valence electrons. The van der Waals surface area contributed by atoms with Crippen LogP contribution in [0.15, 0.2) is 58.6 Å². The first-order chi connectivity index (χ1) is 15.0. The van der Waals surface area contributed by atoms with Gasteiger partial charge in [0.05, 0.1) is 17.7 Å². The predicted molar refractivity (Wildman–Crippen MR) is 124 cm³/mol. The molecule has 0 aliphatic carbocycles. The van der Waals surface area contributed by atoms with Crippen molar-refractivity contribution in [3.8, 4) is 22.8 Å². The molecule has 0 amide bonds. The van der Waals surface area contributed by atoms with E-state index < -0.39 is 10.0 Å². The molecule has 0 saturated carbocycles. The highest BCUT2D eigenvalue weighted by atomic mass is 32.2. The Balaban J connectivity index is 2.14. The van der Waals surface area contributed by atoms with E-state index in [0.29, 0.717) is 24.5 Å². The van der Waals surface area contributed by atoms with E-state index in [2.05, 4.69) is 17.1 Å². The van der Waals surface area contributed by atoms with Gasteiger partial charge in [0.15, 0.2) is 11.0 Å². The van der Waals surface area contributed by atoms with Crippen molar-refractivity contribution >= 4 is 21.8 Å². The van der Waals surface area contributed by atoms with Crippen molar-refractivity contribution in [2.45, 2.75) is 37.2 Å². The summed E-state index contributed by atoms with van der Waals surface area (Å²) in [6.07, 6.45) is 1.00. The lowest BCUT2D eigenvalue weighted by molar-refractivity contribution is 0.414. The Morgan fingerprint density at radius 2 is 1.77 bits per heavy atom. The highest BCUT2D eigenvalue weighted by Crippen LogP contribution is 2.31. The maximum atomic E-state index is 13.0. The summed E-state index contributed by atoms with van der Waals surface area (Å²) < 4.78 is 34.8. The predicted octanol–water partition coefficient (Wildman–Crippen LogP) is 4.48. The van der Waals surface area contributed by atoms with Gasteiger partial charge in [-0.1, -0.05) is 50.7 Å². The molecular weight excluding hydrogens is 432 g/mol. The van der Waals surface area contributed by atoms with Gasteiger partial charge >= 0.3 is 0 Å².